The van der Waals surface area contributed by atoms with Crippen LogP contribution in [0.15, 0.2) is 6.07 Å². The fourth-order valence-corrected chi connectivity index (χ4v) is 2.00. The first-order valence-electron chi connectivity index (χ1n) is 5.18. The molecule has 1 fully saturated rings. The van der Waals surface area contributed by atoms with Crippen LogP contribution in [0.1, 0.15) is 18.4 Å². The molecule has 0 aliphatic carbocycles. The van der Waals surface area contributed by atoms with Gasteiger partial charge in [-0.1, -0.05) is 0 Å². The van der Waals surface area contributed by atoms with E-state index in [4.69, 9.17) is 0 Å². The second kappa shape index (κ2) is 4.33. The molecule has 0 amide bonds. The van der Waals surface area contributed by atoms with E-state index in [-0.39, 0.29) is 18.0 Å². The molecule has 0 bridgehead atoms. The number of phenols is 1. The molecule has 0 spiro atoms. The van der Waals surface area contributed by atoms with Crippen molar-refractivity contribution in [3.8, 4) is 5.75 Å². The van der Waals surface area contributed by atoms with Gasteiger partial charge in [-0.2, -0.15) is 0 Å². The van der Waals surface area contributed by atoms with Gasteiger partial charge in [0.2, 0.25) is 0 Å². The smallest absolute Gasteiger partial charge is 0.168 e. The Bertz CT molecular complexity index is 376. The van der Waals surface area contributed by atoms with Crippen molar-refractivity contribution in [2.45, 2.75) is 25.3 Å². The van der Waals surface area contributed by atoms with E-state index in [9.17, 15) is 18.3 Å². The predicted octanol–water partition coefficient (Wildman–Crippen LogP) is 2.10. The van der Waals surface area contributed by atoms with Gasteiger partial charge in [-0.25, -0.2) is 13.2 Å². The van der Waals surface area contributed by atoms with Crippen LogP contribution in [-0.2, 0) is 6.42 Å². The Morgan fingerprint density at radius 2 is 2.06 bits per heavy atom. The monoisotopic (exact) mass is 231 g/mol. The Labute approximate surface area is 91.1 Å². The average Bonchev–Trinajstić information content (AvgIpc) is 2.74. The summed E-state index contributed by atoms with van der Waals surface area (Å²) in [6.45, 7) is 0.810. The second-order valence-corrected chi connectivity index (χ2v) is 3.98. The number of phenolic OH excluding ortho intramolecular Hbond substituents is 1. The summed E-state index contributed by atoms with van der Waals surface area (Å²) in [6.07, 6.45) is 1.87. The van der Waals surface area contributed by atoms with Gasteiger partial charge in [0.05, 0.1) is 0 Å². The lowest BCUT2D eigenvalue weighted by Crippen LogP contribution is -2.24. The predicted molar refractivity (Wildman–Crippen MR) is 52.7 cm³/mol. The molecule has 88 valence electrons. The highest BCUT2D eigenvalue weighted by Gasteiger charge is 2.23. The van der Waals surface area contributed by atoms with Gasteiger partial charge in [-0.15, -0.1) is 0 Å². The highest BCUT2D eigenvalue weighted by Crippen LogP contribution is 2.28. The van der Waals surface area contributed by atoms with Crippen molar-refractivity contribution in [3.05, 3.63) is 29.1 Å². The van der Waals surface area contributed by atoms with E-state index in [0.717, 1.165) is 19.4 Å². The molecular formula is C11H12F3NO. The molecule has 2 nitrogen and oxygen atoms in total. The third-order valence-corrected chi connectivity index (χ3v) is 2.85. The summed E-state index contributed by atoms with van der Waals surface area (Å²) < 4.78 is 39.3. The summed E-state index contributed by atoms with van der Waals surface area (Å²) in [5, 5.41) is 12.4. The highest BCUT2D eigenvalue weighted by molar-refractivity contribution is 5.36. The zero-order chi connectivity index (χ0) is 11.7. The van der Waals surface area contributed by atoms with Gasteiger partial charge in [0.15, 0.2) is 23.2 Å². The largest absolute Gasteiger partial charge is 0.505 e. The van der Waals surface area contributed by atoms with E-state index in [2.05, 4.69) is 5.32 Å². The fraction of sp³-hybridized carbons (Fsp3) is 0.455. The zero-order valence-corrected chi connectivity index (χ0v) is 8.56. The fourth-order valence-electron chi connectivity index (χ4n) is 2.00. The lowest BCUT2D eigenvalue weighted by molar-refractivity contribution is 0.397. The third-order valence-electron chi connectivity index (χ3n) is 2.85. The van der Waals surface area contributed by atoms with Crippen LogP contribution in [0.5, 0.6) is 5.75 Å². The quantitative estimate of drug-likeness (QED) is 0.764. The Morgan fingerprint density at radius 1 is 1.31 bits per heavy atom. The number of benzene rings is 1. The molecule has 0 radical (unpaired) electrons. The first kappa shape index (κ1) is 11.3. The van der Waals surface area contributed by atoms with Gasteiger partial charge in [0.25, 0.3) is 0 Å². The molecule has 1 heterocycles. The summed E-state index contributed by atoms with van der Waals surface area (Å²) in [7, 11) is 0. The maximum atomic E-state index is 13.4. The Hall–Kier alpha value is -1.23. The zero-order valence-electron chi connectivity index (χ0n) is 8.56. The van der Waals surface area contributed by atoms with Crippen LogP contribution in [0, 0.1) is 17.5 Å². The molecule has 0 aromatic heterocycles. The first-order chi connectivity index (χ1) is 7.59. The van der Waals surface area contributed by atoms with Gasteiger partial charge < -0.3 is 10.4 Å². The highest BCUT2D eigenvalue weighted by atomic mass is 19.2. The molecule has 1 aliphatic heterocycles. The number of halogens is 3. The van der Waals surface area contributed by atoms with Crippen molar-refractivity contribution in [2.24, 2.45) is 0 Å². The van der Waals surface area contributed by atoms with E-state index in [1.54, 1.807) is 0 Å². The number of aromatic hydroxyl groups is 1. The molecule has 16 heavy (non-hydrogen) atoms. The van der Waals surface area contributed by atoms with Crippen LogP contribution in [0.3, 0.4) is 0 Å². The molecule has 5 heteroatoms. The second-order valence-electron chi connectivity index (χ2n) is 3.98. The van der Waals surface area contributed by atoms with E-state index >= 15 is 0 Å². The lowest BCUT2D eigenvalue weighted by Gasteiger charge is -2.13. The van der Waals surface area contributed by atoms with Crippen LogP contribution in [0.2, 0.25) is 0 Å². The van der Waals surface area contributed by atoms with E-state index in [1.165, 1.54) is 0 Å². The minimum absolute atomic E-state index is 0.0263. The van der Waals surface area contributed by atoms with Crippen LogP contribution in [0.4, 0.5) is 13.2 Å². The molecule has 2 rings (SSSR count). The summed E-state index contributed by atoms with van der Waals surface area (Å²) in [5.74, 6) is -4.32. The third kappa shape index (κ3) is 2.00. The van der Waals surface area contributed by atoms with Gasteiger partial charge in [0.1, 0.15) is 0 Å². The molecule has 1 aromatic carbocycles. The number of hydrogen-bond acceptors (Lipinski definition) is 2. The molecule has 0 saturated carbocycles. The topological polar surface area (TPSA) is 32.3 Å². The van der Waals surface area contributed by atoms with Crippen molar-refractivity contribution >= 4 is 0 Å². The summed E-state index contributed by atoms with van der Waals surface area (Å²) in [6, 6.07) is 0.331. The molecule has 1 atom stereocenters. The molecule has 1 saturated heterocycles. The molecule has 1 unspecified atom stereocenters. The van der Waals surface area contributed by atoms with Gasteiger partial charge in [-0.3, -0.25) is 0 Å². The summed E-state index contributed by atoms with van der Waals surface area (Å²) in [5.41, 5.74) is -0.281. The summed E-state index contributed by atoms with van der Waals surface area (Å²) in [4.78, 5) is 0. The van der Waals surface area contributed by atoms with Crippen LogP contribution in [-0.4, -0.2) is 17.7 Å². The molecule has 2 N–H and O–H groups in total. The van der Waals surface area contributed by atoms with Crippen molar-refractivity contribution in [3.63, 3.8) is 0 Å². The Balaban J connectivity index is 2.31. The molecular weight excluding hydrogens is 219 g/mol. The van der Waals surface area contributed by atoms with Gasteiger partial charge in [-0.05, 0) is 25.8 Å². The van der Waals surface area contributed by atoms with Crippen molar-refractivity contribution in [1.29, 1.82) is 0 Å². The normalized spacial score (nSPS) is 20.3. The lowest BCUT2D eigenvalue weighted by atomic mass is 10.0. The van der Waals surface area contributed by atoms with Crippen LogP contribution >= 0.6 is 0 Å². The van der Waals surface area contributed by atoms with Gasteiger partial charge >= 0.3 is 0 Å². The summed E-state index contributed by atoms with van der Waals surface area (Å²) >= 11 is 0. The van der Waals surface area contributed by atoms with E-state index < -0.39 is 23.2 Å². The van der Waals surface area contributed by atoms with E-state index in [1.807, 2.05) is 0 Å². The number of nitrogens with one attached hydrogen (secondary N) is 1. The molecule has 1 aliphatic rings. The minimum Gasteiger partial charge on any atom is -0.505 e. The van der Waals surface area contributed by atoms with Crippen molar-refractivity contribution < 1.29 is 18.3 Å². The SMILES string of the molecule is Oc1c(F)cc(F)c(F)c1CC1CCCN1. The van der Waals surface area contributed by atoms with Crippen LogP contribution in [0.25, 0.3) is 0 Å². The first-order valence-corrected chi connectivity index (χ1v) is 5.18. The van der Waals surface area contributed by atoms with Crippen molar-refractivity contribution in [2.75, 3.05) is 6.54 Å². The van der Waals surface area contributed by atoms with Crippen LogP contribution < -0.4 is 5.32 Å². The standard InChI is InChI=1S/C11H12F3NO/c12-8-5-9(13)11(16)7(10(8)14)4-6-2-1-3-15-6/h5-6,15-16H,1-4H2. The average molecular weight is 231 g/mol. The Morgan fingerprint density at radius 3 is 2.69 bits per heavy atom. The van der Waals surface area contributed by atoms with Gasteiger partial charge in [0, 0.05) is 17.7 Å². The molecule has 1 aromatic rings. The maximum absolute atomic E-state index is 13.4. The number of rotatable bonds is 2. The number of hydrogen-bond donors (Lipinski definition) is 2. The minimum atomic E-state index is -1.26. The van der Waals surface area contributed by atoms with E-state index in [0.29, 0.717) is 6.07 Å². The Kier molecular flexibility index (Phi) is 3.05. The van der Waals surface area contributed by atoms with Crippen molar-refractivity contribution in [1.82, 2.24) is 5.32 Å². The maximum Gasteiger partial charge on any atom is 0.168 e.